The van der Waals surface area contributed by atoms with Crippen LogP contribution in [-0.2, 0) is 12.7 Å². The summed E-state index contributed by atoms with van der Waals surface area (Å²) in [6, 6.07) is 7.00. The number of benzene rings is 1. The number of fused-ring (bicyclic) bond motifs is 1. The topological polar surface area (TPSA) is 47.8 Å². The van der Waals surface area contributed by atoms with Gasteiger partial charge in [-0.15, -0.1) is 0 Å². The van der Waals surface area contributed by atoms with E-state index in [2.05, 4.69) is 16.9 Å². The minimum atomic E-state index is -4.47. The molecule has 0 saturated carbocycles. The van der Waals surface area contributed by atoms with E-state index in [4.69, 9.17) is 0 Å². The van der Waals surface area contributed by atoms with Crippen LogP contribution in [0.15, 0.2) is 41.5 Å². The summed E-state index contributed by atoms with van der Waals surface area (Å²) in [5.74, 6) is 0.190. The summed E-state index contributed by atoms with van der Waals surface area (Å²) in [6.45, 7) is 4.67. The van der Waals surface area contributed by atoms with Gasteiger partial charge in [-0.25, -0.2) is 9.97 Å². The van der Waals surface area contributed by atoms with Crippen LogP contribution in [0.25, 0.3) is 22.2 Å². The summed E-state index contributed by atoms with van der Waals surface area (Å²) in [5, 5.41) is 1.30. The van der Waals surface area contributed by atoms with E-state index in [1.54, 1.807) is 22.8 Å². The normalized spacial score (nSPS) is 11.9. The molecule has 27 heavy (non-hydrogen) atoms. The van der Waals surface area contributed by atoms with Crippen LogP contribution in [0.2, 0.25) is 0 Å². The maximum atomic E-state index is 12.8. The van der Waals surface area contributed by atoms with Crippen LogP contribution in [0.4, 0.5) is 13.2 Å². The van der Waals surface area contributed by atoms with Crippen molar-refractivity contribution in [2.75, 3.05) is 0 Å². The first kappa shape index (κ1) is 19.1. The zero-order chi connectivity index (χ0) is 19.6. The average Bonchev–Trinajstić information content (AvgIpc) is 2.63. The molecule has 0 aliphatic heterocycles. The first-order valence-corrected chi connectivity index (χ1v) is 8.85. The second-order valence-corrected chi connectivity index (χ2v) is 6.54. The molecule has 0 saturated heterocycles. The predicted octanol–water partition coefficient (Wildman–Crippen LogP) is 4.98. The Morgan fingerprint density at radius 1 is 1.07 bits per heavy atom. The van der Waals surface area contributed by atoms with Crippen LogP contribution in [0.5, 0.6) is 0 Å². The van der Waals surface area contributed by atoms with Gasteiger partial charge in [-0.3, -0.25) is 4.79 Å². The Balaban J connectivity index is 1.98. The third-order valence-electron chi connectivity index (χ3n) is 4.54. The van der Waals surface area contributed by atoms with Gasteiger partial charge in [0, 0.05) is 35.6 Å². The molecule has 0 atom stereocenters. The molecule has 3 aromatic rings. The Morgan fingerprint density at radius 2 is 1.78 bits per heavy atom. The Labute approximate surface area is 154 Å². The van der Waals surface area contributed by atoms with E-state index in [1.807, 2.05) is 13.0 Å². The van der Waals surface area contributed by atoms with Gasteiger partial charge in [-0.1, -0.05) is 25.8 Å². The number of pyridine rings is 1. The van der Waals surface area contributed by atoms with Crippen molar-refractivity contribution in [1.29, 1.82) is 0 Å². The molecular formula is C20H20F3N3O. The molecule has 3 rings (SSSR count). The van der Waals surface area contributed by atoms with Crippen LogP contribution < -0.4 is 5.56 Å². The molecule has 0 radical (unpaired) electrons. The summed E-state index contributed by atoms with van der Waals surface area (Å²) in [7, 11) is 0. The fraction of sp³-hybridized carbons (Fsp3) is 0.350. The summed E-state index contributed by atoms with van der Waals surface area (Å²) in [4.78, 5) is 20.4. The van der Waals surface area contributed by atoms with Crippen molar-refractivity contribution in [3.05, 3.63) is 58.3 Å². The van der Waals surface area contributed by atoms with Gasteiger partial charge in [0.2, 0.25) is 0 Å². The maximum Gasteiger partial charge on any atom is 0.419 e. The lowest BCUT2D eigenvalue weighted by atomic mass is 10.1. The standard InChI is InChI=1S/C20H20F3N3O/c1-3-4-5-8-26-13(2)9-15-10-14(6-7-17(15)19(26)27)18-24-11-16(12-25-18)20(21,22)23/h6-7,9-12H,3-5,8H2,1-2H3. The van der Waals surface area contributed by atoms with E-state index in [1.165, 1.54) is 0 Å². The molecule has 142 valence electrons. The van der Waals surface area contributed by atoms with E-state index < -0.39 is 11.7 Å². The van der Waals surface area contributed by atoms with Gasteiger partial charge in [0.25, 0.3) is 5.56 Å². The number of aryl methyl sites for hydroxylation is 1. The third kappa shape index (κ3) is 4.02. The number of hydrogen-bond donors (Lipinski definition) is 0. The van der Waals surface area contributed by atoms with Crippen molar-refractivity contribution >= 4 is 10.8 Å². The van der Waals surface area contributed by atoms with Gasteiger partial charge in [0.1, 0.15) is 0 Å². The Bertz CT molecular complexity index is 1010. The molecule has 0 spiro atoms. The molecule has 0 aliphatic rings. The predicted molar refractivity (Wildman–Crippen MR) is 98.5 cm³/mol. The Morgan fingerprint density at radius 3 is 2.41 bits per heavy atom. The highest BCUT2D eigenvalue weighted by molar-refractivity contribution is 5.86. The van der Waals surface area contributed by atoms with Gasteiger partial charge in [0.15, 0.2) is 5.82 Å². The van der Waals surface area contributed by atoms with E-state index >= 15 is 0 Å². The summed E-state index contributed by atoms with van der Waals surface area (Å²) in [6.07, 6.45) is 0.154. The van der Waals surface area contributed by atoms with Crippen molar-refractivity contribution < 1.29 is 13.2 Å². The van der Waals surface area contributed by atoms with E-state index in [0.717, 1.165) is 42.7 Å². The van der Waals surface area contributed by atoms with E-state index in [-0.39, 0.29) is 11.4 Å². The fourth-order valence-corrected chi connectivity index (χ4v) is 3.05. The van der Waals surface area contributed by atoms with Gasteiger partial charge in [0.05, 0.1) is 5.56 Å². The number of alkyl halides is 3. The summed E-state index contributed by atoms with van der Waals surface area (Å²) < 4.78 is 39.7. The number of hydrogen-bond acceptors (Lipinski definition) is 3. The van der Waals surface area contributed by atoms with Crippen LogP contribution in [-0.4, -0.2) is 14.5 Å². The lowest BCUT2D eigenvalue weighted by Crippen LogP contribution is -2.22. The molecule has 2 heterocycles. The van der Waals surface area contributed by atoms with Crippen molar-refractivity contribution in [3.63, 3.8) is 0 Å². The molecular weight excluding hydrogens is 355 g/mol. The molecule has 0 N–H and O–H groups in total. The first-order chi connectivity index (χ1) is 12.8. The summed E-state index contributed by atoms with van der Waals surface area (Å²) in [5.41, 5.74) is 0.478. The van der Waals surface area contributed by atoms with Crippen molar-refractivity contribution in [2.45, 2.75) is 45.8 Å². The molecule has 0 fully saturated rings. The molecule has 7 heteroatoms. The van der Waals surface area contributed by atoms with Crippen LogP contribution in [0.3, 0.4) is 0 Å². The Hall–Kier alpha value is -2.70. The molecule has 0 bridgehead atoms. The largest absolute Gasteiger partial charge is 0.419 e. The minimum absolute atomic E-state index is 0.0546. The highest BCUT2D eigenvalue weighted by atomic mass is 19.4. The second-order valence-electron chi connectivity index (χ2n) is 6.54. The molecule has 4 nitrogen and oxygen atoms in total. The number of nitrogens with zero attached hydrogens (tertiary/aromatic N) is 3. The van der Waals surface area contributed by atoms with E-state index in [9.17, 15) is 18.0 Å². The molecule has 0 unspecified atom stereocenters. The van der Waals surface area contributed by atoms with Crippen LogP contribution in [0.1, 0.15) is 37.4 Å². The quantitative estimate of drug-likeness (QED) is 0.591. The summed E-state index contributed by atoms with van der Waals surface area (Å²) >= 11 is 0. The smallest absolute Gasteiger partial charge is 0.312 e. The van der Waals surface area contributed by atoms with Crippen molar-refractivity contribution in [3.8, 4) is 11.4 Å². The highest BCUT2D eigenvalue weighted by Gasteiger charge is 2.31. The maximum absolute atomic E-state index is 12.8. The van der Waals surface area contributed by atoms with Crippen molar-refractivity contribution in [2.24, 2.45) is 0 Å². The third-order valence-corrected chi connectivity index (χ3v) is 4.54. The van der Waals surface area contributed by atoms with Crippen molar-refractivity contribution in [1.82, 2.24) is 14.5 Å². The van der Waals surface area contributed by atoms with Gasteiger partial charge >= 0.3 is 6.18 Å². The molecule has 1 aromatic carbocycles. The van der Waals surface area contributed by atoms with Crippen LogP contribution in [0, 0.1) is 6.92 Å². The number of aromatic nitrogens is 3. The highest BCUT2D eigenvalue weighted by Crippen LogP contribution is 2.29. The monoisotopic (exact) mass is 375 g/mol. The SMILES string of the molecule is CCCCCn1c(C)cc2cc(-c3ncc(C(F)(F)F)cn3)ccc2c1=O. The van der Waals surface area contributed by atoms with Gasteiger partial charge in [-0.2, -0.15) is 13.2 Å². The zero-order valence-corrected chi connectivity index (χ0v) is 15.2. The average molecular weight is 375 g/mol. The minimum Gasteiger partial charge on any atom is -0.312 e. The van der Waals surface area contributed by atoms with Gasteiger partial charge in [-0.05, 0) is 36.9 Å². The lowest BCUT2D eigenvalue weighted by molar-refractivity contribution is -0.138. The fourth-order valence-electron chi connectivity index (χ4n) is 3.05. The first-order valence-electron chi connectivity index (χ1n) is 8.85. The molecule has 2 aromatic heterocycles. The molecule has 0 amide bonds. The lowest BCUT2D eigenvalue weighted by Gasteiger charge is -2.12. The van der Waals surface area contributed by atoms with Gasteiger partial charge < -0.3 is 4.57 Å². The molecule has 0 aliphatic carbocycles. The Kier molecular flexibility index (Phi) is 5.30. The van der Waals surface area contributed by atoms with Crippen LogP contribution >= 0.6 is 0 Å². The second kappa shape index (κ2) is 7.50. The zero-order valence-electron chi connectivity index (χ0n) is 15.2. The number of unbranched alkanes of at least 4 members (excludes halogenated alkanes) is 2. The number of halogens is 3. The number of rotatable bonds is 5. The van der Waals surface area contributed by atoms with E-state index in [0.29, 0.717) is 17.5 Å².